The van der Waals surface area contributed by atoms with Crippen LogP contribution in [0, 0.1) is 0 Å². The molecule has 0 spiro atoms. The van der Waals surface area contributed by atoms with Crippen molar-refractivity contribution in [1.82, 2.24) is 24.6 Å². The second-order valence-corrected chi connectivity index (χ2v) is 8.59. The van der Waals surface area contributed by atoms with E-state index in [1.54, 1.807) is 0 Å². The lowest BCUT2D eigenvalue weighted by atomic mass is 10.1. The number of rotatable bonds is 6. The molecule has 4 heterocycles. The van der Waals surface area contributed by atoms with E-state index in [4.69, 9.17) is 13.9 Å². The number of fused-ring (bicyclic) bond motifs is 1. The van der Waals surface area contributed by atoms with Gasteiger partial charge in [0.2, 0.25) is 12.7 Å². The van der Waals surface area contributed by atoms with E-state index in [1.165, 1.54) is 11.8 Å². The lowest BCUT2D eigenvalue weighted by molar-refractivity contribution is 0.0637. The molecule has 32 heavy (non-hydrogen) atoms. The van der Waals surface area contributed by atoms with Gasteiger partial charge >= 0.3 is 0 Å². The number of oxazole rings is 1. The van der Waals surface area contributed by atoms with Crippen molar-refractivity contribution in [3.05, 3.63) is 41.6 Å². The number of piperazine rings is 2. The van der Waals surface area contributed by atoms with Gasteiger partial charge in [-0.2, -0.15) is 0 Å². The lowest BCUT2D eigenvalue weighted by Crippen LogP contribution is -2.48. The number of ether oxygens (including phenoxy) is 2. The van der Waals surface area contributed by atoms with Gasteiger partial charge in [0.25, 0.3) is 5.91 Å². The van der Waals surface area contributed by atoms with E-state index in [-0.39, 0.29) is 5.91 Å². The number of hydrogen-bond acceptors (Lipinski definition) is 8. The van der Waals surface area contributed by atoms with Gasteiger partial charge in [-0.3, -0.25) is 14.6 Å². The molecule has 0 unspecified atom stereocenters. The molecule has 0 saturated carbocycles. The molecule has 0 aliphatic carbocycles. The molecule has 3 aliphatic heterocycles. The Balaban J connectivity index is 1.09. The van der Waals surface area contributed by atoms with Gasteiger partial charge in [0, 0.05) is 58.9 Å². The van der Waals surface area contributed by atoms with Crippen molar-refractivity contribution in [2.45, 2.75) is 20.0 Å². The first kappa shape index (κ1) is 21.2. The molecule has 0 atom stereocenters. The van der Waals surface area contributed by atoms with E-state index < -0.39 is 0 Å². The molecule has 0 bridgehead atoms. The fraction of sp³-hybridized carbons (Fsp3) is 0.565. The number of amides is 1. The van der Waals surface area contributed by atoms with Crippen LogP contribution in [-0.2, 0) is 13.1 Å². The fourth-order valence-electron chi connectivity index (χ4n) is 4.51. The van der Waals surface area contributed by atoms with Gasteiger partial charge in [-0.05, 0) is 24.2 Å². The van der Waals surface area contributed by atoms with Crippen LogP contribution in [0.15, 0.2) is 28.9 Å². The molecule has 0 radical (unpaired) electrons. The summed E-state index contributed by atoms with van der Waals surface area (Å²) < 4.78 is 16.5. The predicted molar refractivity (Wildman–Crippen MR) is 118 cm³/mol. The van der Waals surface area contributed by atoms with Crippen molar-refractivity contribution in [3.63, 3.8) is 0 Å². The smallest absolute Gasteiger partial charge is 0.275 e. The summed E-state index contributed by atoms with van der Waals surface area (Å²) in [5.41, 5.74) is 1.66. The summed E-state index contributed by atoms with van der Waals surface area (Å²) >= 11 is 0. The molecule has 3 aliphatic rings. The molecule has 1 amide bonds. The predicted octanol–water partition coefficient (Wildman–Crippen LogP) is 1.50. The number of aromatic nitrogens is 1. The molecular weight excluding hydrogens is 410 g/mol. The van der Waals surface area contributed by atoms with Gasteiger partial charge < -0.3 is 23.7 Å². The summed E-state index contributed by atoms with van der Waals surface area (Å²) in [6.07, 6.45) is 1.51. The largest absolute Gasteiger partial charge is 0.454 e. The Morgan fingerprint density at radius 3 is 2.34 bits per heavy atom. The van der Waals surface area contributed by atoms with Crippen molar-refractivity contribution in [2.24, 2.45) is 0 Å². The highest BCUT2D eigenvalue weighted by atomic mass is 16.7. The molecule has 0 N–H and O–H groups in total. The van der Waals surface area contributed by atoms with E-state index in [1.807, 2.05) is 11.0 Å². The summed E-state index contributed by atoms with van der Waals surface area (Å²) in [5, 5.41) is 0. The van der Waals surface area contributed by atoms with Crippen LogP contribution in [0.1, 0.15) is 28.9 Å². The maximum atomic E-state index is 12.7. The molecule has 1 aromatic heterocycles. The number of hydrogen-bond donors (Lipinski definition) is 0. The average Bonchev–Trinajstić information content (AvgIpc) is 3.49. The standard InChI is InChI=1S/C23H31N5O4/c1-2-25-9-11-28(12-10-25)23(29)19-16-30-22(24-19)15-27-7-5-26(6-8-27)14-18-3-4-20-21(13-18)32-17-31-20/h3-4,13,16H,2,5-12,14-15,17H2,1H3. The van der Waals surface area contributed by atoms with Gasteiger partial charge in [-0.1, -0.05) is 13.0 Å². The molecule has 2 aromatic rings. The van der Waals surface area contributed by atoms with Crippen LogP contribution in [0.25, 0.3) is 0 Å². The zero-order valence-electron chi connectivity index (χ0n) is 18.7. The highest BCUT2D eigenvalue weighted by molar-refractivity contribution is 5.92. The molecule has 2 fully saturated rings. The minimum absolute atomic E-state index is 0.0238. The average molecular weight is 442 g/mol. The first-order chi connectivity index (χ1) is 15.7. The van der Waals surface area contributed by atoms with Crippen LogP contribution in [0.3, 0.4) is 0 Å². The highest BCUT2D eigenvalue weighted by Crippen LogP contribution is 2.32. The first-order valence-electron chi connectivity index (χ1n) is 11.5. The maximum Gasteiger partial charge on any atom is 0.275 e. The number of carbonyl (C=O) groups excluding carboxylic acids is 1. The Labute approximate surface area is 188 Å². The van der Waals surface area contributed by atoms with E-state index >= 15 is 0 Å². The normalized spacial score (nSPS) is 20.1. The second kappa shape index (κ2) is 9.48. The molecule has 1 aromatic carbocycles. The Kier molecular flexibility index (Phi) is 6.29. The number of carbonyl (C=O) groups is 1. The Bertz CT molecular complexity index is 932. The van der Waals surface area contributed by atoms with Crippen LogP contribution in [-0.4, -0.2) is 96.2 Å². The third-order valence-corrected chi connectivity index (χ3v) is 6.54. The molecular formula is C23H31N5O4. The molecule has 172 valence electrons. The van der Waals surface area contributed by atoms with Crippen molar-refractivity contribution >= 4 is 5.91 Å². The Morgan fingerprint density at radius 1 is 0.906 bits per heavy atom. The topological polar surface area (TPSA) is 74.5 Å². The lowest BCUT2D eigenvalue weighted by Gasteiger charge is -2.34. The Morgan fingerprint density at radius 2 is 1.59 bits per heavy atom. The summed E-state index contributed by atoms with van der Waals surface area (Å²) in [6, 6.07) is 6.16. The van der Waals surface area contributed by atoms with Crippen LogP contribution < -0.4 is 9.47 Å². The highest BCUT2D eigenvalue weighted by Gasteiger charge is 2.25. The summed E-state index contributed by atoms with van der Waals surface area (Å²) in [6.45, 7) is 12.2. The van der Waals surface area contributed by atoms with E-state index in [0.29, 0.717) is 24.9 Å². The Hall–Kier alpha value is -2.62. The maximum absolute atomic E-state index is 12.7. The van der Waals surface area contributed by atoms with Crippen LogP contribution in [0.5, 0.6) is 11.5 Å². The van der Waals surface area contributed by atoms with E-state index in [9.17, 15) is 4.79 Å². The summed E-state index contributed by atoms with van der Waals surface area (Å²) in [7, 11) is 0. The summed E-state index contributed by atoms with van der Waals surface area (Å²) in [4.78, 5) is 26.2. The van der Waals surface area contributed by atoms with Crippen molar-refractivity contribution < 1.29 is 18.7 Å². The minimum Gasteiger partial charge on any atom is -0.454 e. The van der Waals surface area contributed by atoms with Gasteiger partial charge in [0.05, 0.1) is 6.54 Å². The molecule has 5 rings (SSSR count). The van der Waals surface area contributed by atoms with Crippen molar-refractivity contribution in [3.8, 4) is 11.5 Å². The van der Waals surface area contributed by atoms with E-state index in [2.05, 4.69) is 38.7 Å². The van der Waals surface area contributed by atoms with Crippen LogP contribution >= 0.6 is 0 Å². The molecule has 9 nitrogen and oxygen atoms in total. The number of likely N-dealkylation sites (N-methyl/N-ethyl adjacent to an activating group) is 1. The van der Waals surface area contributed by atoms with E-state index in [0.717, 1.165) is 76.9 Å². The molecule has 9 heteroatoms. The number of benzene rings is 1. The monoisotopic (exact) mass is 441 g/mol. The third kappa shape index (κ3) is 4.74. The van der Waals surface area contributed by atoms with Crippen molar-refractivity contribution in [1.29, 1.82) is 0 Å². The van der Waals surface area contributed by atoms with Gasteiger partial charge in [-0.25, -0.2) is 4.98 Å². The third-order valence-electron chi connectivity index (χ3n) is 6.54. The zero-order chi connectivity index (χ0) is 21.9. The van der Waals surface area contributed by atoms with Gasteiger partial charge in [-0.15, -0.1) is 0 Å². The quantitative estimate of drug-likeness (QED) is 0.668. The minimum atomic E-state index is -0.0238. The van der Waals surface area contributed by atoms with Gasteiger partial charge in [0.1, 0.15) is 6.26 Å². The second-order valence-electron chi connectivity index (χ2n) is 8.59. The summed E-state index contributed by atoms with van der Waals surface area (Å²) in [5.74, 6) is 2.25. The first-order valence-corrected chi connectivity index (χ1v) is 11.5. The fourth-order valence-corrected chi connectivity index (χ4v) is 4.51. The SMILES string of the molecule is CCN1CCN(C(=O)c2coc(CN3CCN(Cc4ccc5c(c4)OCO5)CC3)n2)CC1. The zero-order valence-corrected chi connectivity index (χ0v) is 18.7. The molecule has 2 saturated heterocycles. The van der Waals surface area contributed by atoms with Crippen LogP contribution in [0.4, 0.5) is 0 Å². The van der Waals surface area contributed by atoms with Crippen molar-refractivity contribution in [2.75, 3.05) is 65.7 Å². The van der Waals surface area contributed by atoms with Crippen LogP contribution in [0.2, 0.25) is 0 Å². The number of nitrogens with zero attached hydrogens (tertiary/aromatic N) is 5. The van der Waals surface area contributed by atoms with Gasteiger partial charge in [0.15, 0.2) is 17.2 Å².